The number of hydrogen-bond acceptors (Lipinski definition) is 12. The Bertz CT molecular complexity index is 2740. The lowest BCUT2D eigenvalue weighted by atomic mass is 9.85. The van der Waals surface area contributed by atoms with Gasteiger partial charge in [-0.3, -0.25) is 24.1 Å². The molecule has 6 aromatic rings. The standard InChI is InChI=1S/C49H55N11O5S/c1-6-39(61)55-36-25-33(18-19-38(36)65-35-11-8-7-9-12-35)42-41-45(50)52-28-53-46(41)60(57-42)34-20-23-58(24-21-34)27-40(62)56-44(49(3,4)5)48(64)59-22-10-13-37(59)47(63)51-26-31-14-16-32(17-15-31)43-30(2)54-29-66-43/h6-9,11-12,14-19,25,28-29,34,37,44H,1,10,13,20-24,26-27H2,2-5H3,(H,51,63)(H,55,61)(H,56,62)(H2,50,52,53)/t37-,44+/m1/s1. The van der Waals surface area contributed by atoms with Crippen molar-refractivity contribution in [1.82, 2.24) is 45.2 Å². The first-order valence-corrected chi connectivity index (χ1v) is 23.0. The number of aromatic nitrogens is 5. The molecule has 0 unspecified atom stereocenters. The van der Waals surface area contributed by atoms with Crippen molar-refractivity contribution in [2.75, 3.05) is 37.2 Å². The molecule has 2 saturated heterocycles. The van der Waals surface area contributed by atoms with Gasteiger partial charge in [0.2, 0.25) is 23.6 Å². The van der Waals surface area contributed by atoms with Crippen molar-refractivity contribution >= 4 is 57.5 Å². The van der Waals surface area contributed by atoms with Crippen LogP contribution in [0.15, 0.2) is 97.3 Å². The summed E-state index contributed by atoms with van der Waals surface area (Å²) in [6.45, 7) is 13.4. The van der Waals surface area contributed by atoms with Crippen LogP contribution in [0.25, 0.3) is 32.7 Å². The lowest BCUT2D eigenvalue weighted by molar-refractivity contribution is -0.144. The number of thiazole rings is 1. The van der Waals surface area contributed by atoms with Gasteiger partial charge in [-0.05, 0) is 85.6 Å². The zero-order chi connectivity index (χ0) is 46.5. The van der Waals surface area contributed by atoms with Gasteiger partial charge in [0, 0.05) is 31.7 Å². The van der Waals surface area contributed by atoms with E-state index in [0.29, 0.717) is 91.3 Å². The number of amides is 4. The molecule has 0 aliphatic carbocycles. The number of para-hydroxylation sites is 1. The highest BCUT2D eigenvalue weighted by atomic mass is 32.1. The molecule has 4 amide bonds. The first-order chi connectivity index (χ1) is 31.8. The number of rotatable bonds is 14. The van der Waals surface area contributed by atoms with E-state index < -0.39 is 23.4 Å². The molecule has 0 radical (unpaired) electrons. The maximum atomic E-state index is 14.2. The molecule has 17 heteroatoms. The Morgan fingerprint density at radius 2 is 1.70 bits per heavy atom. The van der Waals surface area contributed by atoms with Crippen molar-refractivity contribution < 1.29 is 23.9 Å². The first kappa shape index (κ1) is 45.6. The number of piperidine rings is 1. The van der Waals surface area contributed by atoms with Crippen molar-refractivity contribution in [1.29, 1.82) is 0 Å². The molecular formula is C49H55N11O5S. The number of aryl methyl sites for hydroxylation is 1. The summed E-state index contributed by atoms with van der Waals surface area (Å²) in [4.78, 5) is 72.1. The summed E-state index contributed by atoms with van der Waals surface area (Å²) >= 11 is 1.60. The lowest BCUT2D eigenvalue weighted by Gasteiger charge is -2.36. The van der Waals surface area contributed by atoms with Crippen LogP contribution in [0, 0.1) is 12.3 Å². The number of nitrogen functional groups attached to an aromatic ring is 1. The van der Waals surface area contributed by atoms with Gasteiger partial charge < -0.3 is 31.3 Å². The van der Waals surface area contributed by atoms with Crippen molar-refractivity contribution in [3.05, 3.63) is 109 Å². The zero-order valence-corrected chi connectivity index (χ0v) is 38.4. The third-order valence-electron chi connectivity index (χ3n) is 12.1. The number of carbonyl (C=O) groups is 4. The molecule has 0 saturated carbocycles. The Morgan fingerprint density at radius 1 is 0.955 bits per heavy atom. The van der Waals surface area contributed by atoms with Crippen molar-refractivity contribution in [3.63, 3.8) is 0 Å². The Labute approximate surface area is 387 Å². The maximum absolute atomic E-state index is 14.2. The number of carbonyl (C=O) groups excluding carboxylic acids is 4. The van der Waals surface area contributed by atoms with Gasteiger partial charge in [0.15, 0.2) is 11.4 Å². The molecule has 2 fully saturated rings. The quantitative estimate of drug-likeness (QED) is 0.0829. The molecule has 0 spiro atoms. The average molecular weight is 910 g/mol. The highest BCUT2D eigenvalue weighted by molar-refractivity contribution is 7.13. The fourth-order valence-electron chi connectivity index (χ4n) is 8.62. The SMILES string of the molecule is C=CC(=O)Nc1cc(-c2nn(C3CCN(CC(=O)N[C@@H](C(=O)N4CCC[C@@H]4C(=O)NCc4ccc(-c5scnc5C)cc4)C(C)(C)C)CC3)c3ncnc(N)c23)ccc1Oc1ccccc1. The van der Waals surface area contributed by atoms with E-state index in [4.69, 9.17) is 15.6 Å². The number of fused-ring (bicyclic) bond motifs is 1. The Hall–Kier alpha value is -6.98. The normalized spacial score (nSPS) is 16.2. The predicted octanol–water partition coefficient (Wildman–Crippen LogP) is 6.90. The highest BCUT2D eigenvalue weighted by Gasteiger charge is 2.42. The Kier molecular flexibility index (Phi) is 13.6. The minimum atomic E-state index is -0.831. The number of ether oxygens (including phenoxy) is 1. The molecule has 16 nitrogen and oxygen atoms in total. The molecule has 2 atom stereocenters. The molecule has 66 heavy (non-hydrogen) atoms. The van der Waals surface area contributed by atoms with Crippen LogP contribution in [0.2, 0.25) is 0 Å². The van der Waals surface area contributed by atoms with E-state index in [-0.39, 0.29) is 36.1 Å². The number of likely N-dealkylation sites (tertiary alicyclic amines) is 2. The number of hydrogen-bond donors (Lipinski definition) is 4. The van der Waals surface area contributed by atoms with Crippen LogP contribution in [0.1, 0.15) is 63.8 Å². The Morgan fingerprint density at radius 3 is 2.39 bits per heavy atom. The summed E-state index contributed by atoms with van der Waals surface area (Å²) in [6, 6.07) is 21.2. The second kappa shape index (κ2) is 19.6. The highest BCUT2D eigenvalue weighted by Crippen LogP contribution is 2.39. The predicted molar refractivity (Wildman–Crippen MR) is 255 cm³/mol. The van der Waals surface area contributed by atoms with E-state index in [1.165, 1.54) is 12.4 Å². The summed E-state index contributed by atoms with van der Waals surface area (Å²) in [7, 11) is 0. The van der Waals surface area contributed by atoms with Gasteiger partial charge in [-0.2, -0.15) is 5.10 Å². The lowest BCUT2D eigenvalue weighted by Crippen LogP contribution is -2.58. The van der Waals surface area contributed by atoms with Gasteiger partial charge in [0.25, 0.3) is 0 Å². The van der Waals surface area contributed by atoms with Crippen LogP contribution in [-0.4, -0.2) is 96.4 Å². The van der Waals surface area contributed by atoms with Gasteiger partial charge in [-0.25, -0.2) is 19.6 Å². The van der Waals surface area contributed by atoms with E-state index in [1.54, 1.807) is 28.4 Å². The molecule has 5 heterocycles. The van der Waals surface area contributed by atoms with Crippen molar-refractivity contribution in [3.8, 4) is 33.2 Å². The summed E-state index contributed by atoms with van der Waals surface area (Å²) in [5.41, 5.74) is 12.9. The first-order valence-electron chi connectivity index (χ1n) is 22.2. The Balaban J connectivity index is 0.902. The molecule has 0 bridgehead atoms. The monoisotopic (exact) mass is 909 g/mol. The van der Waals surface area contributed by atoms with Crippen molar-refractivity contribution in [2.45, 2.75) is 78.0 Å². The van der Waals surface area contributed by atoms with Crippen LogP contribution in [0.4, 0.5) is 11.5 Å². The third kappa shape index (κ3) is 10.1. The molecular weight excluding hydrogens is 855 g/mol. The number of nitrogens with zero attached hydrogens (tertiary/aromatic N) is 7. The van der Waals surface area contributed by atoms with E-state index in [9.17, 15) is 19.2 Å². The number of nitrogens with two attached hydrogens (primary N) is 1. The van der Waals surface area contributed by atoms with Gasteiger partial charge in [0.1, 0.15) is 35.7 Å². The van der Waals surface area contributed by atoms with Gasteiger partial charge in [-0.1, -0.05) is 69.8 Å². The number of benzene rings is 3. The summed E-state index contributed by atoms with van der Waals surface area (Å²) in [5, 5.41) is 14.6. The minimum Gasteiger partial charge on any atom is -0.455 e. The van der Waals surface area contributed by atoms with Gasteiger partial charge in [0.05, 0.1) is 39.7 Å². The fraction of sp³-hybridized carbons (Fsp3) is 0.347. The molecule has 342 valence electrons. The summed E-state index contributed by atoms with van der Waals surface area (Å²) in [6.07, 6.45) is 5.19. The molecule has 2 aliphatic heterocycles. The van der Waals surface area contributed by atoms with Crippen LogP contribution >= 0.6 is 11.3 Å². The van der Waals surface area contributed by atoms with Gasteiger partial charge >= 0.3 is 0 Å². The van der Waals surface area contributed by atoms with Crippen LogP contribution in [-0.2, 0) is 25.7 Å². The second-order valence-corrected chi connectivity index (χ2v) is 18.7. The molecule has 5 N–H and O–H groups in total. The molecule has 2 aliphatic rings. The van der Waals surface area contributed by atoms with Crippen molar-refractivity contribution in [2.24, 2.45) is 5.41 Å². The number of anilines is 2. The van der Waals surface area contributed by atoms with E-state index in [0.717, 1.165) is 21.7 Å². The largest absolute Gasteiger partial charge is 0.455 e. The van der Waals surface area contributed by atoms with Crippen LogP contribution in [0.5, 0.6) is 11.5 Å². The van der Waals surface area contributed by atoms with E-state index in [2.05, 4.69) is 42.4 Å². The smallest absolute Gasteiger partial charge is 0.247 e. The molecule has 3 aromatic carbocycles. The molecule has 3 aromatic heterocycles. The maximum Gasteiger partial charge on any atom is 0.247 e. The number of nitrogens with one attached hydrogen (secondary N) is 3. The fourth-order valence-corrected chi connectivity index (χ4v) is 9.44. The van der Waals surface area contributed by atoms with Crippen LogP contribution < -0.4 is 26.4 Å². The van der Waals surface area contributed by atoms with Crippen LogP contribution in [0.3, 0.4) is 0 Å². The molecule has 8 rings (SSSR count). The zero-order valence-electron chi connectivity index (χ0n) is 37.6. The summed E-state index contributed by atoms with van der Waals surface area (Å²) < 4.78 is 8.01. The van der Waals surface area contributed by atoms with E-state index in [1.807, 2.05) is 98.6 Å². The van der Waals surface area contributed by atoms with Gasteiger partial charge in [-0.15, -0.1) is 11.3 Å². The summed E-state index contributed by atoms with van der Waals surface area (Å²) in [5.74, 6) is 0.184. The minimum absolute atomic E-state index is 0.0648. The average Bonchev–Trinajstić information content (AvgIpc) is 4.08. The van der Waals surface area contributed by atoms with E-state index >= 15 is 0 Å². The third-order valence-corrected chi connectivity index (χ3v) is 13.1. The second-order valence-electron chi connectivity index (χ2n) is 17.8. The topological polar surface area (TPSA) is 203 Å².